The summed E-state index contributed by atoms with van der Waals surface area (Å²) in [5.41, 5.74) is 5.51. The highest BCUT2D eigenvalue weighted by molar-refractivity contribution is 7.89. The minimum absolute atomic E-state index is 0.168. The van der Waals surface area contributed by atoms with Crippen molar-refractivity contribution in [2.45, 2.75) is 30.7 Å². The molecule has 0 bridgehead atoms. The second-order valence-corrected chi connectivity index (χ2v) is 6.46. The molecular weight excluding hydrogens is 264 g/mol. The van der Waals surface area contributed by atoms with Crippen LogP contribution in [0, 0.1) is 0 Å². The van der Waals surface area contributed by atoms with Crippen molar-refractivity contribution in [1.29, 1.82) is 0 Å². The number of hydrogen-bond acceptors (Lipinski definition) is 5. The normalized spacial score (nSPS) is 20.8. The number of pyridine rings is 1. The molecule has 0 aromatic carbocycles. The smallest absolute Gasteiger partial charge is 0.240 e. The lowest BCUT2D eigenvalue weighted by molar-refractivity contribution is 0.268. The van der Waals surface area contributed by atoms with Crippen LogP contribution in [0.15, 0.2) is 23.2 Å². The number of nitrogens with two attached hydrogens (primary N) is 1. The molecule has 1 aliphatic rings. The highest BCUT2D eigenvalue weighted by Gasteiger charge is 2.25. The number of anilines is 1. The van der Waals surface area contributed by atoms with Gasteiger partial charge in [-0.05, 0) is 32.0 Å². The van der Waals surface area contributed by atoms with Crippen LogP contribution in [0.2, 0.25) is 0 Å². The van der Waals surface area contributed by atoms with Gasteiger partial charge in [0.1, 0.15) is 5.82 Å². The maximum Gasteiger partial charge on any atom is 0.240 e. The Labute approximate surface area is 114 Å². The van der Waals surface area contributed by atoms with Gasteiger partial charge in [0, 0.05) is 24.8 Å². The lowest BCUT2D eigenvalue weighted by Gasteiger charge is -2.22. The summed E-state index contributed by atoms with van der Waals surface area (Å²) >= 11 is 0. The van der Waals surface area contributed by atoms with Gasteiger partial charge < -0.3 is 5.73 Å². The molecule has 1 fully saturated rings. The zero-order valence-electron chi connectivity index (χ0n) is 11.0. The van der Waals surface area contributed by atoms with Crippen molar-refractivity contribution in [3.63, 3.8) is 0 Å². The molecule has 0 spiro atoms. The second kappa shape index (κ2) is 5.85. The van der Waals surface area contributed by atoms with Gasteiger partial charge in [-0.3, -0.25) is 4.90 Å². The van der Waals surface area contributed by atoms with Crippen LogP contribution in [0.5, 0.6) is 0 Å². The van der Waals surface area contributed by atoms with Crippen molar-refractivity contribution in [3.05, 3.63) is 18.3 Å². The molecule has 1 aliphatic heterocycles. The van der Waals surface area contributed by atoms with Gasteiger partial charge in [0.25, 0.3) is 0 Å². The van der Waals surface area contributed by atoms with E-state index >= 15 is 0 Å². The molecular formula is C12H20N4O2S. The van der Waals surface area contributed by atoms with Crippen molar-refractivity contribution in [3.8, 4) is 0 Å². The Morgan fingerprint density at radius 2 is 2.37 bits per heavy atom. The summed E-state index contributed by atoms with van der Waals surface area (Å²) in [5, 5.41) is 0. The van der Waals surface area contributed by atoms with Crippen molar-refractivity contribution in [2.24, 2.45) is 0 Å². The van der Waals surface area contributed by atoms with Crippen LogP contribution in [-0.2, 0) is 10.0 Å². The SMILES string of the molecule is CCN1CCCC1CNS(=O)(=O)c1ccnc(N)c1. The van der Waals surface area contributed by atoms with E-state index in [-0.39, 0.29) is 10.7 Å². The summed E-state index contributed by atoms with van der Waals surface area (Å²) in [6, 6.07) is 3.11. The second-order valence-electron chi connectivity index (χ2n) is 4.69. The largest absolute Gasteiger partial charge is 0.384 e. The first-order valence-corrected chi connectivity index (χ1v) is 7.96. The predicted molar refractivity (Wildman–Crippen MR) is 74.1 cm³/mol. The number of nitrogen functional groups attached to an aromatic ring is 1. The molecule has 1 unspecified atom stereocenters. The van der Waals surface area contributed by atoms with Crippen LogP contribution in [-0.4, -0.2) is 44.0 Å². The van der Waals surface area contributed by atoms with Gasteiger partial charge in [-0.2, -0.15) is 0 Å². The summed E-state index contributed by atoms with van der Waals surface area (Å²) in [6.07, 6.45) is 3.56. The molecule has 0 radical (unpaired) electrons. The molecule has 1 saturated heterocycles. The Morgan fingerprint density at radius 3 is 3.05 bits per heavy atom. The Balaban J connectivity index is 2.02. The molecule has 106 valence electrons. The van der Waals surface area contributed by atoms with E-state index in [1.165, 1.54) is 18.3 Å². The fraction of sp³-hybridized carbons (Fsp3) is 0.583. The average molecular weight is 284 g/mol. The molecule has 7 heteroatoms. The van der Waals surface area contributed by atoms with Crippen LogP contribution in [0.3, 0.4) is 0 Å². The third-order valence-electron chi connectivity index (χ3n) is 3.48. The maximum atomic E-state index is 12.1. The zero-order valence-corrected chi connectivity index (χ0v) is 11.9. The highest BCUT2D eigenvalue weighted by Crippen LogP contribution is 2.17. The van der Waals surface area contributed by atoms with Crippen LogP contribution in [0.4, 0.5) is 5.82 Å². The van der Waals surface area contributed by atoms with E-state index in [0.29, 0.717) is 12.6 Å². The van der Waals surface area contributed by atoms with E-state index in [9.17, 15) is 8.42 Å². The Bertz CT molecular complexity index is 532. The third kappa shape index (κ3) is 3.43. The number of likely N-dealkylation sites (tertiary alicyclic amines) is 1. The molecule has 0 saturated carbocycles. The standard InChI is InChI=1S/C12H20N4O2S/c1-2-16-7-3-4-10(16)9-15-19(17,18)11-5-6-14-12(13)8-11/h5-6,8,10,15H,2-4,7,9H2,1H3,(H2,13,14). The molecule has 6 nitrogen and oxygen atoms in total. The Hall–Kier alpha value is -1.18. The van der Waals surface area contributed by atoms with Crippen LogP contribution in [0.1, 0.15) is 19.8 Å². The van der Waals surface area contributed by atoms with Crippen LogP contribution in [0.25, 0.3) is 0 Å². The minimum atomic E-state index is -3.50. The first-order valence-electron chi connectivity index (χ1n) is 6.48. The number of rotatable bonds is 5. The summed E-state index contributed by atoms with van der Waals surface area (Å²) in [5.74, 6) is 0.207. The van der Waals surface area contributed by atoms with Crippen molar-refractivity contribution < 1.29 is 8.42 Å². The van der Waals surface area contributed by atoms with Gasteiger partial charge >= 0.3 is 0 Å². The fourth-order valence-electron chi connectivity index (χ4n) is 2.43. The number of sulfonamides is 1. The minimum Gasteiger partial charge on any atom is -0.384 e. The number of aromatic nitrogens is 1. The van der Waals surface area contributed by atoms with E-state index < -0.39 is 10.0 Å². The quantitative estimate of drug-likeness (QED) is 0.818. The Kier molecular flexibility index (Phi) is 4.38. The summed E-state index contributed by atoms with van der Waals surface area (Å²) in [7, 11) is -3.50. The molecule has 0 amide bonds. The molecule has 2 rings (SSSR count). The molecule has 2 heterocycles. The maximum absolute atomic E-state index is 12.1. The topological polar surface area (TPSA) is 88.3 Å². The predicted octanol–water partition coefficient (Wildman–Crippen LogP) is 0.426. The van der Waals surface area contributed by atoms with E-state index in [0.717, 1.165) is 25.9 Å². The van der Waals surface area contributed by atoms with Gasteiger partial charge in [-0.1, -0.05) is 6.92 Å². The van der Waals surface area contributed by atoms with Gasteiger partial charge in [-0.15, -0.1) is 0 Å². The number of nitrogens with zero attached hydrogens (tertiary/aromatic N) is 2. The molecule has 1 aromatic heterocycles. The molecule has 1 aromatic rings. The number of likely N-dealkylation sites (N-methyl/N-ethyl adjacent to an activating group) is 1. The highest BCUT2D eigenvalue weighted by atomic mass is 32.2. The van der Waals surface area contributed by atoms with E-state index in [2.05, 4.69) is 21.5 Å². The number of hydrogen-bond donors (Lipinski definition) is 2. The van der Waals surface area contributed by atoms with E-state index in [1.54, 1.807) is 0 Å². The lowest BCUT2D eigenvalue weighted by atomic mass is 10.2. The van der Waals surface area contributed by atoms with E-state index in [4.69, 9.17) is 5.73 Å². The molecule has 0 aliphatic carbocycles. The van der Waals surface area contributed by atoms with Crippen LogP contribution >= 0.6 is 0 Å². The monoisotopic (exact) mass is 284 g/mol. The molecule has 1 atom stereocenters. The summed E-state index contributed by atoms with van der Waals surface area (Å²) < 4.78 is 26.9. The van der Waals surface area contributed by atoms with Crippen molar-refractivity contribution >= 4 is 15.8 Å². The van der Waals surface area contributed by atoms with Crippen LogP contribution < -0.4 is 10.5 Å². The summed E-state index contributed by atoms with van der Waals surface area (Å²) in [4.78, 5) is 6.26. The average Bonchev–Trinajstić information content (AvgIpc) is 2.84. The van der Waals surface area contributed by atoms with Gasteiger partial charge in [0.2, 0.25) is 10.0 Å². The zero-order chi connectivity index (χ0) is 13.9. The van der Waals surface area contributed by atoms with Gasteiger partial charge in [0.15, 0.2) is 0 Å². The molecule has 19 heavy (non-hydrogen) atoms. The van der Waals surface area contributed by atoms with Crippen molar-refractivity contribution in [2.75, 3.05) is 25.4 Å². The lowest BCUT2D eigenvalue weighted by Crippen LogP contribution is -2.40. The number of nitrogens with one attached hydrogen (secondary N) is 1. The fourth-order valence-corrected chi connectivity index (χ4v) is 3.52. The molecule has 3 N–H and O–H groups in total. The van der Waals surface area contributed by atoms with E-state index in [1.807, 2.05) is 0 Å². The van der Waals surface area contributed by atoms with Crippen molar-refractivity contribution in [1.82, 2.24) is 14.6 Å². The third-order valence-corrected chi connectivity index (χ3v) is 4.90. The first kappa shape index (κ1) is 14.2. The van der Waals surface area contributed by atoms with Gasteiger partial charge in [0.05, 0.1) is 4.90 Å². The first-order chi connectivity index (χ1) is 9.03. The Morgan fingerprint density at radius 1 is 1.58 bits per heavy atom. The van der Waals surface area contributed by atoms with Gasteiger partial charge in [-0.25, -0.2) is 18.1 Å². The summed E-state index contributed by atoms with van der Waals surface area (Å²) in [6.45, 7) is 4.54.